The maximum Gasteiger partial charge on any atom is 0.352 e. The number of likely N-dealkylation sites (N-methyl/N-ethyl adjacent to an activating group) is 1. The molecule has 2 aromatic rings. The summed E-state index contributed by atoms with van der Waals surface area (Å²) in [5.41, 5.74) is 5.60. The molecule has 0 saturated heterocycles. The summed E-state index contributed by atoms with van der Waals surface area (Å²) in [4.78, 5) is 67.7. The molecule has 0 radical (unpaired) electrons. The van der Waals surface area contributed by atoms with Gasteiger partial charge in [0, 0.05) is 31.3 Å². The third kappa shape index (κ3) is 5.46. The molecule has 3 rings (SSSR count). The molecule has 0 saturated carbocycles. The fourth-order valence-electron chi connectivity index (χ4n) is 3.37. The lowest BCUT2D eigenvalue weighted by atomic mass is 10.1. The van der Waals surface area contributed by atoms with E-state index in [9.17, 15) is 29.1 Å². The van der Waals surface area contributed by atoms with Crippen molar-refractivity contribution in [2.45, 2.75) is 31.5 Å². The molecule has 2 heterocycles. The van der Waals surface area contributed by atoms with Gasteiger partial charge in [0.1, 0.15) is 6.04 Å². The molecule has 1 aromatic carbocycles. The number of nitrogens with zero attached hydrogens (tertiary/aromatic N) is 4. The molecule has 0 bridgehead atoms. The number of nitrogens with two attached hydrogens (primary N) is 1. The number of hydrogen-bond acceptors (Lipinski definition) is 9. The van der Waals surface area contributed by atoms with Crippen LogP contribution >= 0.6 is 0 Å². The van der Waals surface area contributed by atoms with Crippen LogP contribution in [0.15, 0.2) is 29.1 Å². The summed E-state index contributed by atoms with van der Waals surface area (Å²) in [5, 5.41) is 23.3. The monoisotopic (exact) mass is 473 g/mol. The van der Waals surface area contributed by atoms with E-state index in [0.29, 0.717) is 5.69 Å². The van der Waals surface area contributed by atoms with Crippen LogP contribution in [0.25, 0.3) is 0 Å². The van der Waals surface area contributed by atoms with Crippen LogP contribution in [0, 0.1) is 0 Å². The van der Waals surface area contributed by atoms with Crippen LogP contribution in [0.1, 0.15) is 33.8 Å². The third-order valence-electron chi connectivity index (χ3n) is 5.31. The highest BCUT2D eigenvalue weighted by Gasteiger charge is 2.32. The smallest absolute Gasteiger partial charge is 0.352 e. The summed E-state index contributed by atoms with van der Waals surface area (Å²) < 4.78 is 1.17. The highest BCUT2D eigenvalue weighted by Crippen LogP contribution is 2.15. The first kappa shape index (κ1) is 24.2. The minimum absolute atomic E-state index is 0.0744. The normalized spacial score (nSPS) is 15.9. The molecule has 1 aromatic heterocycles. The number of carbonyl (C=O) groups excluding carboxylic acids is 2. The van der Waals surface area contributed by atoms with Gasteiger partial charge in [-0.3, -0.25) is 19.0 Å². The number of nitrogen functional groups attached to an aromatic ring is 1. The van der Waals surface area contributed by atoms with E-state index in [-0.39, 0.29) is 36.8 Å². The topological polar surface area (TPSA) is 210 Å². The molecular weight excluding hydrogens is 450 g/mol. The van der Waals surface area contributed by atoms with Gasteiger partial charge in [0.25, 0.3) is 11.8 Å². The zero-order chi connectivity index (χ0) is 25.0. The summed E-state index contributed by atoms with van der Waals surface area (Å²) >= 11 is 0. The fourth-order valence-corrected chi connectivity index (χ4v) is 3.37. The standard InChI is InChI=1S/C20H23N7O7/c1-26-12(9-27-15(17(26)31)24-19(21)25-20(27)34)8-22-11-4-2-10(3-5-11)16(30)23-13(18(32)33)6-7-14(28)29/h2-5,12-13,22H,6-9H2,1H3,(H,23,30)(H,28,29)(H,32,33)(H2,21,25,34)/t12-,13-/m0/s1. The van der Waals surface area contributed by atoms with Crippen molar-refractivity contribution in [1.82, 2.24) is 24.8 Å². The van der Waals surface area contributed by atoms with Gasteiger partial charge in [-0.05, 0) is 30.7 Å². The van der Waals surface area contributed by atoms with Crippen LogP contribution in [0.4, 0.5) is 11.6 Å². The van der Waals surface area contributed by atoms with Crippen molar-refractivity contribution in [3.63, 3.8) is 0 Å². The first-order chi connectivity index (χ1) is 16.1. The minimum Gasteiger partial charge on any atom is -0.481 e. The van der Waals surface area contributed by atoms with E-state index < -0.39 is 47.9 Å². The molecule has 180 valence electrons. The van der Waals surface area contributed by atoms with Crippen molar-refractivity contribution in [2.24, 2.45) is 0 Å². The quantitative estimate of drug-likeness (QED) is 0.293. The van der Waals surface area contributed by atoms with E-state index in [1.54, 1.807) is 19.2 Å². The Morgan fingerprint density at radius 2 is 1.85 bits per heavy atom. The Morgan fingerprint density at radius 1 is 1.18 bits per heavy atom. The number of amides is 2. The van der Waals surface area contributed by atoms with Crippen LogP contribution in [-0.2, 0) is 16.1 Å². The molecule has 0 unspecified atom stereocenters. The lowest BCUT2D eigenvalue weighted by Crippen LogP contribution is -2.52. The van der Waals surface area contributed by atoms with Crippen LogP contribution in [0.3, 0.4) is 0 Å². The summed E-state index contributed by atoms with van der Waals surface area (Å²) in [7, 11) is 1.58. The molecule has 1 aliphatic heterocycles. The van der Waals surface area contributed by atoms with Crippen molar-refractivity contribution < 1.29 is 29.4 Å². The van der Waals surface area contributed by atoms with Gasteiger partial charge in [-0.25, -0.2) is 9.59 Å². The first-order valence-corrected chi connectivity index (χ1v) is 10.2. The average Bonchev–Trinajstić information content (AvgIpc) is 2.78. The predicted molar refractivity (Wildman–Crippen MR) is 117 cm³/mol. The molecule has 1 aliphatic rings. The molecule has 14 nitrogen and oxygen atoms in total. The molecule has 6 N–H and O–H groups in total. The van der Waals surface area contributed by atoms with Crippen LogP contribution in [-0.4, -0.2) is 79.1 Å². The SMILES string of the molecule is CN1C(=O)c2nc(N)nc(=O)n2C[C@@H]1CNc1ccc(C(=O)N[C@@H](CCC(=O)O)C(=O)O)cc1. The second-order valence-corrected chi connectivity index (χ2v) is 7.62. The Labute approximate surface area is 192 Å². The Morgan fingerprint density at radius 3 is 2.47 bits per heavy atom. The molecule has 0 fully saturated rings. The van der Waals surface area contributed by atoms with Gasteiger partial charge in [-0.1, -0.05) is 0 Å². The summed E-state index contributed by atoms with van der Waals surface area (Å²) in [6.07, 6.45) is -0.637. The van der Waals surface area contributed by atoms with Crippen LogP contribution < -0.4 is 22.1 Å². The number of aliphatic carboxylic acids is 2. The first-order valence-electron chi connectivity index (χ1n) is 10.2. The Kier molecular flexibility index (Phi) is 7.09. The van der Waals surface area contributed by atoms with Gasteiger partial charge in [0.15, 0.2) is 0 Å². The molecule has 2 atom stereocenters. The number of anilines is 2. The van der Waals surface area contributed by atoms with Gasteiger partial charge < -0.3 is 31.5 Å². The van der Waals surface area contributed by atoms with Gasteiger partial charge >= 0.3 is 17.6 Å². The molecule has 34 heavy (non-hydrogen) atoms. The highest BCUT2D eigenvalue weighted by molar-refractivity contribution is 5.97. The third-order valence-corrected chi connectivity index (χ3v) is 5.31. The van der Waals surface area contributed by atoms with E-state index in [1.807, 2.05) is 0 Å². The average molecular weight is 473 g/mol. The van der Waals surface area contributed by atoms with E-state index in [1.165, 1.54) is 21.6 Å². The molecule has 14 heteroatoms. The number of aromatic nitrogens is 3. The van der Waals surface area contributed by atoms with Gasteiger partial charge in [0.05, 0.1) is 12.6 Å². The number of carboxylic acids is 2. The van der Waals surface area contributed by atoms with Crippen molar-refractivity contribution in [1.29, 1.82) is 0 Å². The molecule has 2 amide bonds. The maximum absolute atomic E-state index is 12.6. The van der Waals surface area contributed by atoms with Crippen molar-refractivity contribution in [3.8, 4) is 0 Å². The number of carboxylic acid groups (broad SMARTS) is 2. The predicted octanol–water partition coefficient (Wildman–Crippen LogP) is -1.17. The largest absolute Gasteiger partial charge is 0.481 e. The molecule has 0 spiro atoms. The second-order valence-electron chi connectivity index (χ2n) is 7.62. The van der Waals surface area contributed by atoms with Gasteiger partial charge in [0.2, 0.25) is 11.8 Å². The number of carbonyl (C=O) groups is 4. The van der Waals surface area contributed by atoms with Crippen LogP contribution in [0.2, 0.25) is 0 Å². The van der Waals surface area contributed by atoms with Crippen molar-refractivity contribution in [2.75, 3.05) is 24.6 Å². The zero-order valence-electron chi connectivity index (χ0n) is 18.1. The fraction of sp³-hybridized carbons (Fsp3) is 0.350. The number of benzene rings is 1. The highest BCUT2D eigenvalue weighted by atomic mass is 16.4. The molecular formula is C20H23N7O7. The summed E-state index contributed by atoms with van der Waals surface area (Å²) in [6, 6.07) is 4.41. The Bertz CT molecular complexity index is 1180. The summed E-state index contributed by atoms with van der Waals surface area (Å²) in [6.45, 7) is 0.442. The lowest BCUT2D eigenvalue weighted by Gasteiger charge is -2.33. The maximum atomic E-state index is 12.6. The number of hydrogen-bond donors (Lipinski definition) is 5. The van der Waals surface area contributed by atoms with Gasteiger partial charge in [-0.15, -0.1) is 0 Å². The number of rotatable bonds is 9. The van der Waals surface area contributed by atoms with E-state index >= 15 is 0 Å². The van der Waals surface area contributed by atoms with Gasteiger partial charge in [-0.2, -0.15) is 9.97 Å². The molecule has 0 aliphatic carbocycles. The Balaban J connectivity index is 1.62. The summed E-state index contributed by atoms with van der Waals surface area (Å²) in [5.74, 6) is -3.95. The van der Waals surface area contributed by atoms with E-state index in [4.69, 9.17) is 10.8 Å². The number of fused-ring (bicyclic) bond motifs is 1. The van der Waals surface area contributed by atoms with Crippen molar-refractivity contribution >= 4 is 35.4 Å². The zero-order valence-corrected chi connectivity index (χ0v) is 18.1. The minimum atomic E-state index is -1.33. The van der Waals surface area contributed by atoms with Crippen molar-refractivity contribution in [3.05, 3.63) is 46.1 Å². The second kappa shape index (κ2) is 9.97. The van der Waals surface area contributed by atoms with E-state index in [0.717, 1.165) is 0 Å². The Hall–Kier alpha value is -4.49. The van der Waals surface area contributed by atoms with Crippen LogP contribution in [0.5, 0.6) is 0 Å². The van der Waals surface area contributed by atoms with E-state index in [2.05, 4.69) is 20.6 Å². The number of nitrogens with one attached hydrogen (secondary N) is 2. The lowest BCUT2D eigenvalue weighted by molar-refractivity contribution is -0.140.